The number of hydrogen-bond acceptors (Lipinski definition) is 7. The van der Waals surface area contributed by atoms with Crippen LogP contribution < -0.4 is 0 Å². The number of nitrogens with one attached hydrogen (secondary N) is 1. The van der Waals surface area contributed by atoms with Gasteiger partial charge in [0.05, 0.1) is 32.2 Å². The summed E-state index contributed by atoms with van der Waals surface area (Å²) in [5.74, 6) is -1.10. The Balaban J connectivity index is 0.00000181. The van der Waals surface area contributed by atoms with Crippen molar-refractivity contribution in [1.29, 1.82) is 0 Å². The van der Waals surface area contributed by atoms with Crippen LogP contribution in [0, 0.1) is 5.92 Å². The quantitative estimate of drug-likeness (QED) is 0.462. The maximum absolute atomic E-state index is 12.8. The van der Waals surface area contributed by atoms with Crippen molar-refractivity contribution in [2.75, 3.05) is 20.8 Å². The zero-order valence-electron chi connectivity index (χ0n) is 18.4. The van der Waals surface area contributed by atoms with Crippen LogP contribution in [0.25, 0.3) is 10.9 Å². The number of benzene rings is 1. The largest absolute Gasteiger partial charge is 0.469 e. The number of halogens is 2. The Bertz CT molecular complexity index is 955. The van der Waals surface area contributed by atoms with Crippen molar-refractivity contribution in [3.05, 3.63) is 36.0 Å². The molecule has 33 heavy (non-hydrogen) atoms. The molecule has 3 heterocycles. The van der Waals surface area contributed by atoms with Gasteiger partial charge >= 0.3 is 17.9 Å². The van der Waals surface area contributed by atoms with Crippen LogP contribution in [0.5, 0.6) is 0 Å². The summed E-state index contributed by atoms with van der Waals surface area (Å²) < 4.78 is 15.6. The minimum atomic E-state index is -0.360. The Morgan fingerprint density at radius 1 is 1.00 bits per heavy atom. The number of esters is 3. The Morgan fingerprint density at radius 2 is 1.64 bits per heavy atom. The van der Waals surface area contributed by atoms with Gasteiger partial charge in [0.2, 0.25) is 0 Å². The first kappa shape index (κ1) is 29.3. The van der Waals surface area contributed by atoms with Gasteiger partial charge in [-0.25, -0.2) is 4.79 Å². The van der Waals surface area contributed by atoms with Crippen molar-refractivity contribution < 1.29 is 47.1 Å². The van der Waals surface area contributed by atoms with E-state index in [1.165, 1.54) is 14.2 Å². The number of carbonyl (C=O) groups is 3. The number of methoxy groups -OCH3 is 2. The van der Waals surface area contributed by atoms with Gasteiger partial charge in [0.15, 0.2) is 0 Å². The van der Waals surface area contributed by atoms with E-state index in [2.05, 4.69) is 9.88 Å². The van der Waals surface area contributed by atoms with Crippen molar-refractivity contribution in [1.82, 2.24) is 9.88 Å². The molecule has 2 aromatic rings. The van der Waals surface area contributed by atoms with Gasteiger partial charge in [0.25, 0.3) is 0 Å². The molecule has 2 fully saturated rings. The van der Waals surface area contributed by atoms with Gasteiger partial charge < -0.3 is 19.2 Å². The van der Waals surface area contributed by atoms with Gasteiger partial charge in [-0.05, 0) is 18.9 Å². The first-order chi connectivity index (χ1) is 14.5. The third-order valence-corrected chi connectivity index (χ3v) is 6.28. The van der Waals surface area contributed by atoms with Gasteiger partial charge in [-0.2, -0.15) is 0 Å². The third kappa shape index (κ3) is 6.25. The fourth-order valence-corrected chi connectivity index (χ4v) is 4.87. The molecule has 2 unspecified atom stereocenters. The summed E-state index contributed by atoms with van der Waals surface area (Å²) >= 11 is 0. The summed E-state index contributed by atoms with van der Waals surface area (Å²) in [6.07, 6.45) is 3.67. The van der Waals surface area contributed by atoms with E-state index in [0.29, 0.717) is 31.2 Å². The smallest absolute Gasteiger partial charge is 0.340 e. The van der Waals surface area contributed by atoms with Crippen LogP contribution in [0.3, 0.4) is 0 Å². The normalized spacial score (nSPS) is 23.8. The summed E-state index contributed by atoms with van der Waals surface area (Å²) in [5.41, 5.74) is 1.40. The molecule has 2 bridgehead atoms. The molecular weight excluding hydrogens is 510 g/mol. The number of piperidine rings is 2. The average Bonchev–Trinajstić information content (AvgIpc) is 3.17. The number of ether oxygens (including phenoxy) is 3. The first-order valence-electron chi connectivity index (χ1n) is 10.2. The molecule has 0 spiro atoms. The summed E-state index contributed by atoms with van der Waals surface area (Å²) in [6.45, 7) is 0.169. The van der Waals surface area contributed by atoms with Crippen molar-refractivity contribution in [3.63, 3.8) is 0 Å². The van der Waals surface area contributed by atoms with E-state index in [0.717, 1.165) is 10.9 Å². The molecule has 0 aliphatic carbocycles. The fraction of sp³-hybridized carbons (Fsp3) is 0.500. The van der Waals surface area contributed by atoms with Gasteiger partial charge in [-0.15, -0.1) is 24.8 Å². The molecule has 181 valence electrons. The number of fused-ring (bicyclic) bond motifs is 3. The third-order valence-electron chi connectivity index (χ3n) is 6.28. The molecule has 4 rings (SSSR count). The maximum atomic E-state index is 12.8. The van der Waals surface area contributed by atoms with E-state index < -0.39 is 0 Å². The summed E-state index contributed by atoms with van der Waals surface area (Å²) in [5, 5.41) is 0.830. The molecule has 1 radical (unpaired) electrons. The predicted octanol–water partition coefficient (Wildman–Crippen LogP) is 3.12. The van der Waals surface area contributed by atoms with E-state index in [1.54, 1.807) is 6.20 Å². The molecular formula is C22H28Cl2N2O6V. The summed E-state index contributed by atoms with van der Waals surface area (Å²) in [6, 6.07) is 7.48. The van der Waals surface area contributed by atoms with Crippen LogP contribution in [-0.4, -0.2) is 66.7 Å². The predicted molar refractivity (Wildman–Crippen MR) is 122 cm³/mol. The second kappa shape index (κ2) is 12.7. The fourth-order valence-electron chi connectivity index (χ4n) is 4.87. The number of hydrogen-bond donors (Lipinski definition) is 1. The summed E-state index contributed by atoms with van der Waals surface area (Å²) in [7, 11) is 2.76. The number of carbonyl (C=O) groups excluding carboxylic acids is 3. The standard InChI is InChI=1S/C22H26N2O6.2ClH.V/c1-28-20(25)12-24-14-7-13(21(26)29-2)8-15(24)10-16(9-14)30-22(27)18-11-23-19-6-4-3-5-17(18)19;;;/h3-6,11,13-16,23H,7-10,12H2,1-2H3;2*1H;. The van der Waals surface area contributed by atoms with Crippen LogP contribution in [0.4, 0.5) is 0 Å². The molecule has 8 nitrogen and oxygen atoms in total. The number of H-pyrrole nitrogens is 1. The van der Waals surface area contributed by atoms with Crippen LogP contribution in [0.15, 0.2) is 30.5 Å². The number of para-hydroxylation sites is 1. The van der Waals surface area contributed by atoms with Gasteiger partial charge in [0, 0.05) is 60.6 Å². The maximum Gasteiger partial charge on any atom is 0.340 e. The van der Waals surface area contributed by atoms with E-state index >= 15 is 0 Å². The Kier molecular flexibility index (Phi) is 11.3. The number of rotatable bonds is 5. The van der Waals surface area contributed by atoms with E-state index in [-0.39, 0.29) is 91.9 Å². The van der Waals surface area contributed by atoms with Crippen LogP contribution in [0.1, 0.15) is 36.0 Å². The zero-order valence-corrected chi connectivity index (χ0v) is 21.4. The van der Waals surface area contributed by atoms with E-state index in [9.17, 15) is 14.4 Å². The SMILES string of the molecule is COC(=O)CN1C2CC(OC(=O)c3c[nH]c4ccccc34)CC1CC(C(=O)OC)C2.Cl.Cl.[V]. The van der Waals surface area contributed by atoms with Crippen molar-refractivity contribution >= 4 is 53.6 Å². The molecule has 0 amide bonds. The number of aromatic amines is 1. The molecule has 11 heteroatoms. The Morgan fingerprint density at radius 3 is 2.24 bits per heavy atom. The second-order valence-electron chi connectivity index (χ2n) is 7.99. The minimum Gasteiger partial charge on any atom is -0.469 e. The molecule has 2 aliphatic heterocycles. The molecule has 1 aromatic heterocycles. The Hall–Kier alpha value is -1.71. The van der Waals surface area contributed by atoms with E-state index in [4.69, 9.17) is 14.2 Å². The first-order valence-corrected chi connectivity index (χ1v) is 10.2. The van der Waals surface area contributed by atoms with Crippen LogP contribution in [-0.2, 0) is 42.4 Å². The molecule has 0 saturated carbocycles. The molecule has 2 aliphatic rings. The second-order valence-corrected chi connectivity index (χ2v) is 7.99. The van der Waals surface area contributed by atoms with Crippen molar-refractivity contribution in [2.24, 2.45) is 5.92 Å². The van der Waals surface area contributed by atoms with Gasteiger partial charge in [-0.1, -0.05) is 18.2 Å². The van der Waals surface area contributed by atoms with Crippen molar-refractivity contribution in [3.8, 4) is 0 Å². The Labute approximate surface area is 216 Å². The minimum absolute atomic E-state index is 0. The van der Waals surface area contributed by atoms with Gasteiger partial charge in [-0.3, -0.25) is 14.5 Å². The molecule has 2 atom stereocenters. The summed E-state index contributed by atoms with van der Waals surface area (Å²) in [4.78, 5) is 42.0. The molecule has 1 N–H and O–H groups in total. The van der Waals surface area contributed by atoms with Crippen LogP contribution >= 0.6 is 24.8 Å². The van der Waals surface area contributed by atoms with Crippen molar-refractivity contribution in [2.45, 2.75) is 43.9 Å². The van der Waals surface area contributed by atoms with Gasteiger partial charge in [0.1, 0.15) is 6.10 Å². The number of aromatic nitrogens is 1. The topological polar surface area (TPSA) is 97.9 Å². The monoisotopic (exact) mass is 537 g/mol. The average molecular weight is 538 g/mol. The number of nitrogens with zero attached hydrogens (tertiary/aromatic N) is 1. The van der Waals surface area contributed by atoms with Crippen LogP contribution in [0.2, 0.25) is 0 Å². The molecule has 2 saturated heterocycles. The zero-order chi connectivity index (χ0) is 21.3. The molecule has 1 aromatic carbocycles. The van der Waals surface area contributed by atoms with E-state index in [1.807, 2.05) is 24.3 Å².